The molecule has 1 fully saturated rings. The number of piperidine rings is 1. The predicted molar refractivity (Wildman–Crippen MR) is 110 cm³/mol. The number of aryl methyl sites for hydroxylation is 1. The van der Waals surface area contributed by atoms with Crippen LogP contribution in [0, 0.1) is 12.8 Å². The minimum absolute atomic E-state index is 0.0182. The fourth-order valence-corrected chi connectivity index (χ4v) is 3.77. The van der Waals surface area contributed by atoms with Gasteiger partial charge in [-0.25, -0.2) is 4.98 Å². The summed E-state index contributed by atoms with van der Waals surface area (Å²) in [4.78, 5) is 31.8. The van der Waals surface area contributed by atoms with Gasteiger partial charge in [-0.1, -0.05) is 42.5 Å². The van der Waals surface area contributed by atoms with Crippen molar-refractivity contribution in [3.63, 3.8) is 0 Å². The van der Waals surface area contributed by atoms with E-state index in [0.29, 0.717) is 31.7 Å². The van der Waals surface area contributed by atoms with Crippen molar-refractivity contribution in [2.24, 2.45) is 5.92 Å². The summed E-state index contributed by atoms with van der Waals surface area (Å²) >= 11 is 0. The average molecular weight is 373 g/mol. The van der Waals surface area contributed by atoms with Crippen LogP contribution in [0.3, 0.4) is 0 Å². The third-order valence-electron chi connectivity index (χ3n) is 5.31. The van der Waals surface area contributed by atoms with Gasteiger partial charge in [-0.05, 0) is 48.7 Å². The first-order valence-electron chi connectivity index (χ1n) is 9.63. The van der Waals surface area contributed by atoms with Gasteiger partial charge < -0.3 is 10.2 Å². The van der Waals surface area contributed by atoms with E-state index in [1.165, 1.54) is 0 Å². The minimum Gasteiger partial charge on any atom is -0.339 e. The van der Waals surface area contributed by atoms with Crippen molar-refractivity contribution >= 4 is 28.4 Å². The minimum atomic E-state index is -0.0983. The number of aromatic nitrogens is 1. The molecule has 142 valence electrons. The van der Waals surface area contributed by atoms with Crippen LogP contribution in [0.1, 0.15) is 28.9 Å². The van der Waals surface area contributed by atoms with Gasteiger partial charge in [-0.3, -0.25) is 9.59 Å². The summed E-state index contributed by atoms with van der Waals surface area (Å²) in [6, 6.07) is 19.3. The maximum atomic E-state index is 13.0. The molecule has 0 radical (unpaired) electrons. The van der Waals surface area contributed by atoms with E-state index in [4.69, 9.17) is 0 Å². The quantitative estimate of drug-likeness (QED) is 0.754. The Labute approximate surface area is 164 Å². The molecule has 2 amide bonds. The second-order valence-corrected chi connectivity index (χ2v) is 7.25. The zero-order valence-electron chi connectivity index (χ0n) is 15.9. The third-order valence-corrected chi connectivity index (χ3v) is 5.31. The van der Waals surface area contributed by atoms with E-state index in [9.17, 15) is 9.59 Å². The van der Waals surface area contributed by atoms with Gasteiger partial charge in [0.2, 0.25) is 5.91 Å². The molecule has 0 bridgehead atoms. The first kappa shape index (κ1) is 18.2. The average Bonchev–Trinajstić information content (AvgIpc) is 2.73. The molecule has 3 aromatic rings. The van der Waals surface area contributed by atoms with Crippen molar-refractivity contribution < 1.29 is 9.59 Å². The predicted octanol–water partition coefficient (Wildman–Crippen LogP) is 4.03. The molecule has 2 heterocycles. The normalized spacial score (nSPS) is 14.8. The van der Waals surface area contributed by atoms with Crippen LogP contribution in [0.2, 0.25) is 0 Å². The number of likely N-dealkylation sites (tertiary alicyclic amines) is 1. The second-order valence-electron chi connectivity index (χ2n) is 7.25. The molecule has 0 saturated carbocycles. The lowest BCUT2D eigenvalue weighted by molar-refractivity contribution is -0.121. The largest absolute Gasteiger partial charge is 0.339 e. The maximum absolute atomic E-state index is 13.0. The number of hydrogen-bond donors (Lipinski definition) is 1. The van der Waals surface area contributed by atoms with Crippen LogP contribution in [-0.4, -0.2) is 34.8 Å². The first-order valence-corrected chi connectivity index (χ1v) is 9.63. The second kappa shape index (κ2) is 7.80. The molecule has 0 unspecified atom stereocenters. The molecule has 1 saturated heterocycles. The fourth-order valence-electron chi connectivity index (χ4n) is 3.77. The Morgan fingerprint density at radius 3 is 2.46 bits per heavy atom. The molecule has 0 spiro atoms. The highest BCUT2D eigenvalue weighted by Gasteiger charge is 2.28. The van der Waals surface area contributed by atoms with Crippen molar-refractivity contribution in [2.45, 2.75) is 19.8 Å². The molecule has 0 aliphatic carbocycles. The fraction of sp³-hybridized carbons (Fsp3) is 0.261. The molecule has 5 heteroatoms. The van der Waals surface area contributed by atoms with Crippen molar-refractivity contribution in [1.29, 1.82) is 0 Å². The molecule has 5 nitrogen and oxygen atoms in total. The summed E-state index contributed by atoms with van der Waals surface area (Å²) in [5.74, 6) is 0.504. The standard InChI is InChI=1S/C23H23N3O2/c1-16-6-4-11-21(24-16)25-22(27)18-12-14-26(15-13-18)23(28)20-10-5-8-17-7-2-3-9-19(17)20/h2-11,18H,12-15H2,1H3,(H,24,25,27). The number of fused-ring (bicyclic) bond motifs is 1. The molecule has 28 heavy (non-hydrogen) atoms. The van der Waals surface area contributed by atoms with Crippen LogP contribution in [0.15, 0.2) is 60.7 Å². The highest BCUT2D eigenvalue weighted by molar-refractivity contribution is 6.07. The number of amides is 2. The number of rotatable bonds is 3. The number of carbonyl (C=O) groups is 2. The summed E-state index contributed by atoms with van der Waals surface area (Å²) in [7, 11) is 0. The summed E-state index contributed by atoms with van der Waals surface area (Å²) in [5, 5.41) is 4.93. The number of nitrogens with one attached hydrogen (secondary N) is 1. The van der Waals surface area contributed by atoms with E-state index in [1.807, 2.05) is 66.4 Å². The Bertz CT molecular complexity index is 1020. The van der Waals surface area contributed by atoms with E-state index in [2.05, 4.69) is 10.3 Å². The van der Waals surface area contributed by atoms with Crippen molar-refractivity contribution in [3.8, 4) is 0 Å². The van der Waals surface area contributed by atoms with Crippen LogP contribution < -0.4 is 5.32 Å². The SMILES string of the molecule is Cc1cccc(NC(=O)C2CCN(C(=O)c3cccc4ccccc34)CC2)n1. The van der Waals surface area contributed by atoms with E-state index in [-0.39, 0.29) is 17.7 Å². The van der Waals surface area contributed by atoms with Gasteiger partial charge in [-0.15, -0.1) is 0 Å². The van der Waals surface area contributed by atoms with Crippen molar-refractivity contribution in [3.05, 3.63) is 71.9 Å². The zero-order chi connectivity index (χ0) is 19.5. The molecule has 1 aliphatic rings. The summed E-state index contributed by atoms with van der Waals surface area (Å²) in [5.41, 5.74) is 1.60. The lowest BCUT2D eigenvalue weighted by atomic mass is 9.95. The Kier molecular flexibility index (Phi) is 5.06. The highest BCUT2D eigenvalue weighted by Crippen LogP contribution is 2.24. The molecule has 1 aliphatic heterocycles. The van der Waals surface area contributed by atoms with Gasteiger partial charge in [-0.2, -0.15) is 0 Å². The Morgan fingerprint density at radius 1 is 0.964 bits per heavy atom. The van der Waals surface area contributed by atoms with Gasteiger partial charge in [0.1, 0.15) is 5.82 Å². The number of pyridine rings is 1. The van der Waals surface area contributed by atoms with Crippen molar-refractivity contribution in [2.75, 3.05) is 18.4 Å². The Hall–Kier alpha value is -3.21. The van der Waals surface area contributed by atoms with E-state index in [1.54, 1.807) is 6.07 Å². The first-order chi connectivity index (χ1) is 13.6. The molecule has 1 aromatic heterocycles. The number of anilines is 1. The van der Waals surface area contributed by atoms with Crippen LogP contribution in [0.5, 0.6) is 0 Å². The van der Waals surface area contributed by atoms with Gasteiger partial charge >= 0.3 is 0 Å². The Balaban J connectivity index is 1.41. The summed E-state index contributed by atoms with van der Waals surface area (Å²) < 4.78 is 0. The summed E-state index contributed by atoms with van der Waals surface area (Å²) in [6.45, 7) is 3.07. The molecule has 1 N–H and O–H groups in total. The topological polar surface area (TPSA) is 62.3 Å². The van der Waals surface area contributed by atoms with Gasteiger partial charge in [0.15, 0.2) is 0 Å². The van der Waals surface area contributed by atoms with Crippen LogP contribution >= 0.6 is 0 Å². The van der Waals surface area contributed by atoms with Crippen LogP contribution in [0.25, 0.3) is 10.8 Å². The zero-order valence-corrected chi connectivity index (χ0v) is 15.9. The highest BCUT2D eigenvalue weighted by atomic mass is 16.2. The lowest BCUT2D eigenvalue weighted by Crippen LogP contribution is -2.41. The number of benzene rings is 2. The monoisotopic (exact) mass is 373 g/mol. The number of carbonyl (C=O) groups excluding carboxylic acids is 2. The Morgan fingerprint density at radius 2 is 1.68 bits per heavy atom. The van der Waals surface area contributed by atoms with Gasteiger partial charge in [0, 0.05) is 30.3 Å². The smallest absolute Gasteiger partial charge is 0.254 e. The van der Waals surface area contributed by atoms with E-state index >= 15 is 0 Å². The van der Waals surface area contributed by atoms with E-state index in [0.717, 1.165) is 22.0 Å². The van der Waals surface area contributed by atoms with Crippen LogP contribution in [0.4, 0.5) is 5.82 Å². The third kappa shape index (κ3) is 3.74. The molecule has 2 aromatic carbocycles. The molecular formula is C23H23N3O2. The number of hydrogen-bond acceptors (Lipinski definition) is 3. The van der Waals surface area contributed by atoms with E-state index < -0.39 is 0 Å². The molecule has 4 rings (SSSR count). The van der Waals surface area contributed by atoms with Gasteiger partial charge in [0.05, 0.1) is 0 Å². The van der Waals surface area contributed by atoms with Gasteiger partial charge in [0.25, 0.3) is 5.91 Å². The summed E-state index contributed by atoms with van der Waals surface area (Å²) in [6.07, 6.45) is 1.32. The molecule has 0 atom stereocenters. The molecular weight excluding hydrogens is 350 g/mol. The maximum Gasteiger partial charge on any atom is 0.254 e. The number of nitrogens with zero attached hydrogens (tertiary/aromatic N) is 2. The van der Waals surface area contributed by atoms with Crippen LogP contribution in [-0.2, 0) is 4.79 Å². The van der Waals surface area contributed by atoms with Crippen molar-refractivity contribution in [1.82, 2.24) is 9.88 Å². The lowest BCUT2D eigenvalue weighted by Gasteiger charge is -2.31.